The molecule has 1 spiro atoms. The molecule has 2 aliphatic rings. The molecule has 1 fully saturated rings. The van der Waals surface area contributed by atoms with Crippen LogP contribution >= 0.6 is 11.6 Å². The average Bonchev–Trinajstić information content (AvgIpc) is 3.01. The highest BCUT2D eigenvalue weighted by molar-refractivity contribution is 6.30. The lowest BCUT2D eigenvalue weighted by Gasteiger charge is -2.45. The first-order valence-corrected chi connectivity index (χ1v) is 11.0. The van der Waals surface area contributed by atoms with Crippen LogP contribution in [0.2, 0.25) is 5.02 Å². The lowest BCUT2D eigenvalue weighted by atomic mass is 9.70. The maximum atomic E-state index is 13.9. The van der Waals surface area contributed by atoms with Crippen molar-refractivity contribution >= 4 is 23.1 Å². The van der Waals surface area contributed by atoms with Gasteiger partial charge >= 0.3 is 12.1 Å². The van der Waals surface area contributed by atoms with Crippen molar-refractivity contribution < 1.29 is 41.4 Å². The number of alkyl halides is 5. The smallest absolute Gasteiger partial charge is 0.456 e. The van der Waals surface area contributed by atoms with Gasteiger partial charge in [0.05, 0.1) is 16.1 Å². The predicted octanol–water partition coefficient (Wildman–Crippen LogP) is 6.09. The van der Waals surface area contributed by atoms with Gasteiger partial charge in [-0.3, -0.25) is 4.79 Å². The first kappa shape index (κ1) is 25.4. The zero-order valence-corrected chi connectivity index (χ0v) is 19.0. The van der Waals surface area contributed by atoms with Gasteiger partial charge in [-0.1, -0.05) is 29.8 Å². The van der Waals surface area contributed by atoms with Crippen molar-refractivity contribution in [2.24, 2.45) is 0 Å². The Labute approximate surface area is 201 Å². The van der Waals surface area contributed by atoms with Crippen LogP contribution in [0.5, 0.6) is 0 Å². The highest BCUT2D eigenvalue weighted by Gasteiger charge is 2.71. The highest BCUT2D eigenvalue weighted by Crippen LogP contribution is 2.53. The van der Waals surface area contributed by atoms with Gasteiger partial charge in [0.15, 0.2) is 0 Å². The molecular formula is C24H20ClF6NO3. The second-order valence-corrected chi connectivity index (χ2v) is 9.43. The van der Waals surface area contributed by atoms with Gasteiger partial charge in [-0.2, -0.15) is 22.0 Å². The van der Waals surface area contributed by atoms with Crippen LogP contribution in [-0.4, -0.2) is 39.4 Å². The number of carbonyl (C=O) groups is 1. The molecule has 1 amide bonds. The van der Waals surface area contributed by atoms with Crippen molar-refractivity contribution in [1.82, 2.24) is 5.32 Å². The van der Waals surface area contributed by atoms with Crippen LogP contribution in [0.1, 0.15) is 36.8 Å². The fourth-order valence-electron chi connectivity index (χ4n) is 4.71. The molecular weight excluding hydrogens is 500 g/mol. The molecule has 1 aliphatic carbocycles. The lowest BCUT2D eigenvalue weighted by Crippen LogP contribution is -2.62. The van der Waals surface area contributed by atoms with E-state index in [0.717, 1.165) is 0 Å². The Kier molecular flexibility index (Phi) is 5.92. The minimum Gasteiger partial charge on any atom is -0.509 e. The Morgan fingerprint density at radius 3 is 2.11 bits per heavy atom. The van der Waals surface area contributed by atoms with Crippen molar-refractivity contribution in [2.75, 3.05) is 0 Å². The van der Waals surface area contributed by atoms with E-state index >= 15 is 0 Å². The van der Waals surface area contributed by atoms with E-state index in [9.17, 15) is 41.4 Å². The molecule has 4 rings (SSSR count). The van der Waals surface area contributed by atoms with E-state index in [-0.39, 0.29) is 16.2 Å². The van der Waals surface area contributed by atoms with Gasteiger partial charge < -0.3 is 15.5 Å². The summed E-state index contributed by atoms with van der Waals surface area (Å²) in [6.07, 6.45) is -9.01. The quantitative estimate of drug-likeness (QED) is 0.430. The third kappa shape index (κ3) is 3.96. The van der Waals surface area contributed by atoms with E-state index in [1.54, 1.807) is 31.2 Å². The lowest BCUT2D eigenvalue weighted by molar-refractivity contribution is -0.347. The van der Waals surface area contributed by atoms with E-state index in [2.05, 4.69) is 5.32 Å². The van der Waals surface area contributed by atoms with Gasteiger partial charge in [-0.15, -0.1) is 0 Å². The Morgan fingerprint density at radius 1 is 0.971 bits per heavy atom. The van der Waals surface area contributed by atoms with E-state index in [4.69, 9.17) is 11.6 Å². The number of amides is 1. The van der Waals surface area contributed by atoms with Crippen LogP contribution in [0.15, 0.2) is 42.2 Å². The summed E-state index contributed by atoms with van der Waals surface area (Å²) in [5.74, 6) is -7.25. The molecule has 3 N–H and O–H groups in total. The van der Waals surface area contributed by atoms with Gasteiger partial charge in [0.25, 0.3) is 5.91 Å². The van der Waals surface area contributed by atoms with Crippen LogP contribution in [0, 0.1) is 12.7 Å². The number of hydrogen-bond acceptors (Lipinski definition) is 3. The molecule has 1 aliphatic heterocycles. The second-order valence-electron chi connectivity index (χ2n) is 9.02. The Morgan fingerprint density at radius 2 is 1.54 bits per heavy atom. The monoisotopic (exact) mass is 519 g/mol. The number of hydrogen-bond donors (Lipinski definition) is 3. The maximum Gasteiger partial charge on any atom is 0.456 e. The highest BCUT2D eigenvalue weighted by atomic mass is 35.5. The van der Waals surface area contributed by atoms with Gasteiger partial charge in [-0.25, -0.2) is 4.39 Å². The molecule has 4 nitrogen and oxygen atoms in total. The van der Waals surface area contributed by atoms with Gasteiger partial charge in [0, 0.05) is 0 Å². The normalized spacial score (nSPS) is 25.3. The SMILES string of the molecule is Cc1ccc(-c2ccc(Cl)c(F)c2)cc1C1=C(O)C2(CCC(O)(C(F)(F)C(F)(F)F)CC2)NC1=O. The molecule has 2 aromatic carbocycles. The molecule has 1 saturated carbocycles. The van der Waals surface area contributed by atoms with Gasteiger partial charge in [-0.05, 0) is 73.1 Å². The second kappa shape index (κ2) is 8.16. The summed E-state index contributed by atoms with van der Waals surface area (Å²) in [7, 11) is 0. The zero-order chi connectivity index (χ0) is 26.0. The summed E-state index contributed by atoms with van der Waals surface area (Å²) in [6.45, 7) is 1.66. The third-order valence-corrected chi connectivity index (χ3v) is 7.21. The maximum absolute atomic E-state index is 13.9. The first-order chi connectivity index (χ1) is 16.1. The minimum absolute atomic E-state index is 0.0769. The zero-order valence-electron chi connectivity index (χ0n) is 18.2. The van der Waals surface area contributed by atoms with E-state index in [1.165, 1.54) is 12.1 Å². The average molecular weight is 520 g/mol. The summed E-state index contributed by atoms with van der Waals surface area (Å²) in [4.78, 5) is 12.9. The molecule has 0 saturated heterocycles. The molecule has 0 bridgehead atoms. The summed E-state index contributed by atoms with van der Waals surface area (Å²) in [5, 5.41) is 23.6. The molecule has 0 unspecified atom stereocenters. The molecule has 188 valence electrons. The number of aliphatic hydroxyl groups is 2. The first-order valence-electron chi connectivity index (χ1n) is 10.6. The number of aryl methyl sites for hydroxylation is 1. The molecule has 0 radical (unpaired) electrons. The van der Waals surface area contributed by atoms with E-state index in [0.29, 0.717) is 16.7 Å². The third-order valence-electron chi connectivity index (χ3n) is 6.90. The Bertz CT molecular complexity index is 1230. The number of aliphatic hydroxyl groups excluding tert-OH is 1. The van der Waals surface area contributed by atoms with Gasteiger partial charge in [0.1, 0.15) is 17.2 Å². The van der Waals surface area contributed by atoms with E-state index in [1.807, 2.05) is 0 Å². The Balaban J connectivity index is 1.70. The molecule has 11 heteroatoms. The molecule has 1 heterocycles. The van der Waals surface area contributed by atoms with E-state index < -0.39 is 66.4 Å². The Hall–Kier alpha value is -2.72. The number of nitrogens with one attached hydrogen (secondary N) is 1. The standard InChI is InChI=1S/C24H20ClF6NO3/c1-12-2-3-13(14-4-5-16(25)17(26)11-14)10-15(12)18-19(33)21(32-20(18)34)6-8-22(35,9-7-21)23(27,28)24(29,30)31/h2-5,10-11,33,35H,6-9H2,1H3,(H,32,34). The topological polar surface area (TPSA) is 69.6 Å². The van der Waals surface area contributed by atoms with Crippen molar-refractivity contribution in [2.45, 2.75) is 55.8 Å². The van der Waals surface area contributed by atoms with Crippen LogP contribution in [0.25, 0.3) is 16.7 Å². The van der Waals surface area contributed by atoms with Crippen LogP contribution < -0.4 is 5.32 Å². The van der Waals surface area contributed by atoms with Crippen LogP contribution in [0.4, 0.5) is 26.3 Å². The number of rotatable bonds is 3. The number of carbonyl (C=O) groups excluding carboxylic acids is 1. The number of benzene rings is 2. The van der Waals surface area contributed by atoms with Crippen molar-refractivity contribution in [3.8, 4) is 11.1 Å². The summed E-state index contributed by atoms with van der Waals surface area (Å²) in [5.41, 5.74) is -3.32. The molecule has 0 aromatic heterocycles. The molecule has 35 heavy (non-hydrogen) atoms. The fraction of sp³-hybridized carbons (Fsp3) is 0.375. The fourth-order valence-corrected chi connectivity index (χ4v) is 4.83. The number of halogens is 7. The van der Waals surface area contributed by atoms with Crippen molar-refractivity contribution in [3.05, 3.63) is 64.1 Å². The molecule has 0 atom stereocenters. The summed E-state index contributed by atoms with van der Waals surface area (Å²) >= 11 is 5.73. The summed E-state index contributed by atoms with van der Waals surface area (Å²) in [6, 6.07) is 8.97. The van der Waals surface area contributed by atoms with Crippen molar-refractivity contribution in [1.29, 1.82) is 0 Å². The van der Waals surface area contributed by atoms with Crippen LogP contribution in [0.3, 0.4) is 0 Å². The molecule has 2 aromatic rings. The largest absolute Gasteiger partial charge is 0.509 e. The van der Waals surface area contributed by atoms with Crippen molar-refractivity contribution in [3.63, 3.8) is 0 Å². The predicted molar refractivity (Wildman–Crippen MR) is 116 cm³/mol. The minimum atomic E-state index is -5.95. The van der Waals surface area contributed by atoms with Gasteiger partial charge in [0.2, 0.25) is 0 Å². The van der Waals surface area contributed by atoms with Crippen LogP contribution in [-0.2, 0) is 4.79 Å². The summed E-state index contributed by atoms with van der Waals surface area (Å²) < 4.78 is 80.4.